The van der Waals surface area contributed by atoms with E-state index in [1.807, 2.05) is 17.5 Å². The normalized spacial score (nSPS) is 14.1. The van der Waals surface area contributed by atoms with Crippen molar-refractivity contribution in [3.63, 3.8) is 0 Å². The van der Waals surface area contributed by atoms with Crippen LogP contribution in [0.25, 0.3) is 20.9 Å². The van der Waals surface area contributed by atoms with Gasteiger partial charge in [-0.15, -0.1) is 11.3 Å². The molecule has 1 aliphatic rings. The van der Waals surface area contributed by atoms with Gasteiger partial charge in [-0.1, -0.05) is 17.4 Å². The zero-order valence-corrected chi connectivity index (χ0v) is 16.5. The molecular formula is C18H14N4O4S2. The summed E-state index contributed by atoms with van der Waals surface area (Å²) in [6.07, 6.45) is 4.55. The van der Waals surface area contributed by atoms with Crippen LogP contribution < -0.4 is 11.3 Å². The summed E-state index contributed by atoms with van der Waals surface area (Å²) in [5.74, 6) is -0.00222. The van der Waals surface area contributed by atoms with Crippen molar-refractivity contribution in [3.05, 3.63) is 62.7 Å². The molecule has 0 aromatic carbocycles. The summed E-state index contributed by atoms with van der Waals surface area (Å²) in [5.41, 5.74) is 6.43. The number of fused-ring (bicyclic) bond motifs is 1. The lowest BCUT2D eigenvalue weighted by Gasteiger charge is -2.13. The van der Waals surface area contributed by atoms with E-state index in [1.54, 1.807) is 11.3 Å². The number of anilines is 1. The van der Waals surface area contributed by atoms with Gasteiger partial charge in [0, 0.05) is 0 Å². The van der Waals surface area contributed by atoms with E-state index in [-0.39, 0.29) is 28.7 Å². The van der Waals surface area contributed by atoms with Crippen molar-refractivity contribution in [1.82, 2.24) is 14.6 Å². The Morgan fingerprint density at radius 3 is 2.50 bits per heavy atom. The number of allylic oxidation sites excluding steroid dienone is 3. The largest absolute Gasteiger partial charge is 0.492 e. The molecule has 142 valence electrons. The molecular weight excluding hydrogens is 400 g/mol. The second-order valence-corrected chi connectivity index (χ2v) is 7.60. The van der Waals surface area contributed by atoms with Crippen LogP contribution in [0.1, 0.15) is 5.56 Å². The maximum Gasteiger partial charge on any atom is 0.283 e. The SMILES string of the molecule is COC1=CC(=Cc2c(N)n3nc(-c4cccs4)sc3nc2=O)C=C(OC)C1=O. The van der Waals surface area contributed by atoms with Crippen molar-refractivity contribution in [2.24, 2.45) is 0 Å². The molecule has 10 heteroatoms. The van der Waals surface area contributed by atoms with Gasteiger partial charge in [0.1, 0.15) is 5.82 Å². The summed E-state index contributed by atoms with van der Waals surface area (Å²) < 4.78 is 11.6. The van der Waals surface area contributed by atoms with E-state index in [0.29, 0.717) is 10.5 Å². The summed E-state index contributed by atoms with van der Waals surface area (Å²) in [4.78, 5) is 30.1. The minimum atomic E-state index is -0.483. The molecule has 3 heterocycles. The third kappa shape index (κ3) is 3.02. The van der Waals surface area contributed by atoms with Gasteiger partial charge in [-0.25, -0.2) is 0 Å². The monoisotopic (exact) mass is 414 g/mol. The van der Waals surface area contributed by atoms with Crippen molar-refractivity contribution in [3.8, 4) is 9.88 Å². The smallest absolute Gasteiger partial charge is 0.283 e. The molecule has 0 saturated carbocycles. The summed E-state index contributed by atoms with van der Waals surface area (Å²) in [6.45, 7) is 0. The number of rotatable bonds is 4. The van der Waals surface area contributed by atoms with Crippen LogP contribution in [0.4, 0.5) is 5.82 Å². The fourth-order valence-corrected chi connectivity index (χ4v) is 4.36. The minimum Gasteiger partial charge on any atom is -0.492 e. The standard InChI is InChI=1S/C18H14N4O4S2/c1-25-11-7-9(8-12(26-2)14(11)23)6-10-15(19)22-18(20-16(10)24)28-17(21-22)13-4-3-5-27-13/h3-8H,19H2,1-2H3. The number of carbonyl (C=O) groups excluding carboxylic acids is 1. The van der Waals surface area contributed by atoms with Crippen molar-refractivity contribution in [2.45, 2.75) is 0 Å². The highest BCUT2D eigenvalue weighted by atomic mass is 32.1. The van der Waals surface area contributed by atoms with Crippen molar-refractivity contribution in [1.29, 1.82) is 0 Å². The molecule has 0 atom stereocenters. The van der Waals surface area contributed by atoms with Gasteiger partial charge in [0.15, 0.2) is 16.5 Å². The fourth-order valence-electron chi connectivity index (χ4n) is 2.67. The first-order chi connectivity index (χ1) is 13.5. The number of methoxy groups -OCH3 is 2. The van der Waals surface area contributed by atoms with Crippen molar-refractivity contribution >= 4 is 45.3 Å². The van der Waals surface area contributed by atoms with Crippen LogP contribution >= 0.6 is 22.7 Å². The highest BCUT2D eigenvalue weighted by Gasteiger charge is 2.22. The molecule has 0 spiro atoms. The Labute approximate surface area is 166 Å². The van der Waals surface area contributed by atoms with E-state index in [0.717, 1.165) is 9.88 Å². The number of ether oxygens (including phenoxy) is 2. The molecule has 0 saturated heterocycles. The van der Waals surface area contributed by atoms with Crippen LogP contribution in [0, 0.1) is 0 Å². The van der Waals surface area contributed by atoms with Crippen molar-refractivity contribution in [2.75, 3.05) is 20.0 Å². The van der Waals surface area contributed by atoms with Gasteiger partial charge in [-0.2, -0.15) is 14.6 Å². The fraction of sp³-hybridized carbons (Fsp3) is 0.111. The highest BCUT2D eigenvalue weighted by Crippen LogP contribution is 2.30. The number of nitrogen functional groups attached to an aromatic ring is 1. The molecule has 0 fully saturated rings. The van der Waals surface area contributed by atoms with Gasteiger partial charge in [0.2, 0.25) is 4.96 Å². The lowest BCUT2D eigenvalue weighted by Crippen LogP contribution is -2.17. The summed E-state index contributed by atoms with van der Waals surface area (Å²) >= 11 is 2.83. The number of hydrogen-bond acceptors (Lipinski definition) is 9. The molecule has 4 rings (SSSR count). The van der Waals surface area contributed by atoms with Crippen LogP contribution in [0.15, 0.2) is 51.6 Å². The summed E-state index contributed by atoms with van der Waals surface area (Å²) in [7, 11) is 2.77. The van der Waals surface area contributed by atoms with E-state index in [2.05, 4.69) is 10.1 Å². The van der Waals surface area contributed by atoms with Crippen LogP contribution in [-0.2, 0) is 14.3 Å². The number of thiophene rings is 1. The number of nitrogens with two attached hydrogens (primary N) is 1. The number of hydrogen-bond donors (Lipinski definition) is 1. The van der Waals surface area contributed by atoms with Crippen LogP contribution in [0.3, 0.4) is 0 Å². The topological polar surface area (TPSA) is 109 Å². The third-order valence-corrected chi connectivity index (χ3v) is 5.97. The number of carbonyl (C=O) groups is 1. The number of ketones is 1. The predicted molar refractivity (Wildman–Crippen MR) is 108 cm³/mol. The molecule has 0 aliphatic heterocycles. The van der Waals surface area contributed by atoms with E-state index < -0.39 is 5.56 Å². The average molecular weight is 414 g/mol. The van der Waals surface area contributed by atoms with E-state index >= 15 is 0 Å². The first kappa shape index (κ1) is 18.1. The molecule has 3 aromatic heterocycles. The minimum absolute atomic E-state index is 0.104. The molecule has 3 aromatic rings. The highest BCUT2D eigenvalue weighted by molar-refractivity contribution is 7.23. The predicted octanol–water partition coefficient (Wildman–Crippen LogP) is 2.49. The number of Topliss-reactive ketones (excluding diaryl/α,β-unsaturated/α-hetero) is 1. The maximum atomic E-state index is 12.6. The molecule has 1 aliphatic carbocycles. The third-order valence-electron chi connectivity index (χ3n) is 4.02. The van der Waals surface area contributed by atoms with Gasteiger partial charge in [0.05, 0.1) is 24.7 Å². The zero-order chi connectivity index (χ0) is 19.8. The van der Waals surface area contributed by atoms with Crippen LogP contribution in [-0.4, -0.2) is 34.6 Å². The van der Waals surface area contributed by atoms with Gasteiger partial charge in [-0.05, 0) is 35.2 Å². The Morgan fingerprint density at radius 1 is 1.18 bits per heavy atom. The molecule has 8 nitrogen and oxygen atoms in total. The van der Waals surface area contributed by atoms with Gasteiger partial charge in [-0.3, -0.25) is 9.59 Å². The molecule has 0 unspecified atom stereocenters. The second kappa shape index (κ2) is 7.06. The lowest BCUT2D eigenvalue weighted by molar-refractivity contribution is -0.117. The van der Waals surface area contributed by atoms with Crippen molar-refractivity contribution < 1.29 is 14.3 Å². The van der Waals surface area contributed by atoms with Gasteiger partial charge in [0.25, 0.3) is 11.3 Å². The quantitative estimate of drug-likeness (QED) is 0.698. The Morgan fingerprint density at radius 2 is 1.89 bits per heavy atom. The van der Waals surface area contributed by atoms with Gasteiger partial charge < -0.3 is 15.2 Å². The zero-order valence-electron chi connectivity index (χ0n) is 14.8. The molecule has 0 radical (unpaired) electrons. The Balaban J connectivity index is 1.86. The van der Waals surface area contributed by atoms with E-state index in [9.17, 15) is 9.59 Å². The number of aromatic nitrogens is 3. The average Bonchev–Trinajstić information content (AvgIpc) is 3.35. The summed E-state index contributed by atoms with van der Waals surface area (Å²) in [6, 6.07) is 3.86. The Hall–Kier alpha value is -3.24. The second-order valence-electron chi connectivity index (χ2n) is 5.69. The maximum absolute atomic E-state index is 12.6. The lowest BCUT2D eigenvalue weighted by atomic mass is 10.0. The first-order valence-electron chi connectivity index (χ1n) is 8.03. The van der Waals surface area contributed by atoms with E-state index in [1.165, 1.54) is 48.3 Å². The Bertz CT molecular complexity index is 1210. The van der Waals surface area contributed by atoms with E-state index in [4.69, 9.17) is 15.2 Å². The summed E-state index contributed by atoms with van der Waals surface area (Å²) in [5, 5.41) is 7.15. The number of nitrogens with zero attached hydrogens (tertiary/aromatic N) is 3. The first-order valence-corrected chi connectivity index (χ1v) is 9.72. The van der Waals surface area contributed by atoms with Crippen LogP contribution in [0.5, 0.6) is 0 Å². The molecule has 2 N–H and O–H groups in total. The Kier molecular flexibility index (Phi) is 4.57. The van der Waals surface area contributed by atoms with Gasteiger partial charge >= 0.3 is 0 Å². The van der Waals surface area contributed by atoms with Crippen LogP contribution in [0.2, 0.25) is 0 Å². The molecule has 28 heavy (non-hydrogen) atoms. The molecule has 0 amide bonds. The molecule has 0 bridgehead atoms.